The number of thioether (sulfide) groups is 1. The van der Waals surface area contributed by atoms with Crippen LogP contribution >= 0.6 is 11.8 Å². The fourth-order valence-corrected chi connectivity index (χ4v) is 3.01. The number of rotatable bonds is 5. The van der Waals surface area contributed by atoms with Crippen LogP contribution in [-0.2, 0) is 11.2 Å². The maximum atomic E-state index is 11.5. The van der Waals surface area contributed by atoms with Crippen LogP contribution in [0.2, 0.25) is 0 Å². The summed E-state index contributed by atoms with van der Waals surface area (Å²) in [6, 6.07) is 10.3. The summed E-state index contributed by atoms with van der Waals surface area (Å²) in [5, 5.41) is 2.92. The molecule has 23 heavy (non-hydrogen) atoms. The van der Waals surface area contributed by atoms with Crippen molar-refractivity contribution in [3.05, 3.63) is 47.7 Å². The molecule has 2 heterocycles. The first-order valence-electron chi connectivity index (χ1n) is 7.64. The lowest BCUT2D eigenvalue weighted by Crippen LogP contribution is -2.35. The Kier molecular flexibility index (Phi) is 4.86. The van der Waals surface area contributed by atoms with Gasteiger partial charge in [0.2, 0.25) is 5.91 Å². The van der Waals surface area contributed by atoms with Gasteiger partial charge in [-0.2, -0.15) is 11.8 Å². The number of aryl methyl sites for hydroxylation is 1. The molecule has 1 unspecified atom stereocenters. The van der Waals surface area contributed by atoms with Crippen LogP contribution in [0.4, 0.5) is 0 Å². The number of nitrogens with zero attached hydrogens (tertiary/aromatic N) is 1. The van der Waals surface area contributed by atoms with Crippen LogP contribution < -0.4 is 10.1 Å². The minimum atomic E-state index is 0.0111. The molecule has 0 saturated heterocycles. The van der Waals surface area contributed by atoms with Crippen molar-refractivity contribution in [2.75, 3.05) is 18.6 Å². The fourth-order valence-electron chi connectivity index (χ4n) is 2.64. The zero-order valence-electron chi connectivity index (χ0n) is 13.3. The molecule has 2 aromatic rings. The third kappa shape index (κ3) is 3.85. The van der Waals surface area contributed by atoms with E-state index in [9.17, 15) is 4.79 Å². The minimum absolute atomic E-state index is 0.0111. The Hall–Kier alpha value is -2.01. The van der Waals surface area contributed by atoms with Crippen molar-refractivity contribution in [1.82, 2.24) is 10.3 Å². The van der Waals surface area contributed by atoms with Gasteiger partial charge in [0.25, 0.3) is 0 Å². The Morgan fingerprint density at radius 2 is 2.26 bits per heavy atom. The van der Waals surface area contributed by atoms with Gasteiger partial charge in [0.15, 0.2) is 0 Å². The second-order valence-electron chi connectivity index (χ2n) is 5.72. The number of aromatic nitrogens is 1. The number of amides is 1. The number of benzene rings is 1. The number of hydrogen-bond acceptors (Lipinski definition) is 4. The van der Waals surface area contributed by atoms with Crippen LogP contribution in [0, 0.1) is 6.92 Å². The van der Waals surface area contributed by atoms with Crippen molar-refractivity contribution in [3.63, 3.8) is 0 Å². The van der Waals surface area contributed by atoms with Crippen molar-refractivity contribution in [1.29, 1.82) is 0 Å². The Morgan fingerprint density at radius 1 is 1.39 bits per heavy atom. The van der Waals surface area contributed by atoms with Gasteiger partial charge < -0.3 is 10.1 Å². The van der Waals surface area contributed by atoms with Crippen molar-refractivity contribution in [3.8, 4) is 17.0 Å². The summed E-state index contributed by atoms with van der Waals surface area (Å²) in [5.74, 6) is 1.45. The maximum Gasteiger partial charge on any atom is 0.230 e. The first-order chi connectivity index (χ1) is 11.2. The van der Waals surface area contributed by atoms with E-state index < -0.39 is 0 Å². The molecule has 0 saturated carbocycles. The Balaban J connectivity index is 1.66. The van der Waals surface area contributed by atoms with E-state index in [1.807, 2.05) is 37.6 Å². The number of carbonyl (C=O) groups excluding carboxylic acids is 1. The normalized spacial score (nSPS) is 15.8. The molecule has 0 aliphatic carbocycles. The van der Waals surface area contributed by atoms with Crippen LogP contribution in [0.1, 0.15) is 11.1 Å². The van der Waals surface area contributed by atoms with Crippen molar-refractivity contribution >= 4 is 17.7 Å². The molecule has 1 amide bonds. The zero-order chi connectivity index (χ0) is 16.2. The van der Waals surface area contributed by atoms with Gasteiger partial charge in [-0.3, -0.25) is 9.78 Å². The average Bonchev–Trinajstić information content (AvgIpc) is 2.96. The lowest BCUT2D eigenvalue weighted by atomic mass is 10.0. The van der Waals surface area contributed by atoms with Gasteiger partial charge in [-0.25, -0.2) is 0 Å². The Morgan fingerprint density at radius 3 is 3.00 bits per heavy atom. The molecule has 4 nitrogen and oxygen atoms in total. The molecular weight excluding hydrogens is 308 g/mol. The number of ether oxygens (including phenoxy) is 1. The predicted molar refractivity (Wildman–Crippen MR) is 93.9 cm³/mol. The highest BCUT2D eigenvalue weighted by Crippen LogP contribution is 2.32. The minimum Gasteiger partial charge on any atom is -0.488 e. The van der Waals surface area contributed by atoms with Gasteiger partial charge in [0.05, 0.1) is 18.0 Å². The van der Waals surface area contributed by atoms with Crippen molar-refractivity contribution in [2.45, 2.75) is 19.4 Å². The molecule has 1 aliphatic rings. The molecule has 0 bridgehead atoms. The number of pyridine rings is 1. The van der Waals surface area contributed by atoms with Gasteiger partial charge in [-0.05, 0) is 48.6 Å². The smallest absolute Gasteiger partial charge is 0.230 e. The summed E-state index contributed by atoms with van der Waals surface area (Å²) in [7, 11) is 0. The number of hydrogen-bond donors (Lipinski definition) is 1. The van der Waals surface area contributed by atoms with Crippen LogP contribution in [0.15, 0.2) is 36.5 Å². The first-order valence-corrected chi connectivity index (χ1v) is 9.03. The molecule has 3 rings (SSSR count). The number of fused-ring (bicyclic) bond motifs is 1. The monoisotopic (exact) mass is 328 g/mol. The Labute approximate surface area is 140 Å². The van der Waals surface area contributed by atoms with Crippen LogP contribution in [0.5, 0.6) is 5.75 Å². The van der Waals surface area contributed by atoms with Crippen LogP contribution in [0.25, 0.3) is 11.3 Å². The van der Waals surface area contributed by atoms with Gasteiger partial charge in [-0.15, -0.1) is 0 Å². The van der Waals surface area contributed by atoms with E-state index in [1.54, 1.807) is 0 Å². The summed E-state index contributed by atoms with van der Waals surface area (Å²) in [5.41, 5.74) is 4.39. The van der Waals surface area contributed by atoms with Crippen LogP contribution in [0.3, 0.4) is 0 Å². The highest BCUT2D eigenvalue weighted by molar-refractivity contribution is 7.99. The van der Waals surface area contributed by atoms with Crippen molar-refractivity contribution < 1.29 is 9.53 Å². The average molecular weight is 328 g/mol. The van der Waals surface area contributed by atoms with Gasteiger partial charge >= 0.3 is 0 Å². The number of nitrogens with one attached hydrogen (secondary N) is 1. The topological polar surface area (TPSA) is 51.2 Å². The quantitative estimate of drug-likeness (QED) is 0.917. The van der Waals surface area contributed by atoms with E-state index in [0.717, 1.165) is 29.0 Å². The van der Waals surface area contributed by atoms with Crippen molar-refractivity contribution in [2.24, 2.45) is 0 Å². The van der Waals surface area contributed by atoms with Gasteiger partial charge in [-0.1, -0.05) is 6.07 Å². The molecule has 5 heteroatoms. The van der Waals surface area contributed by atoms with E-state index in [0.29, 0.717) is 12.3 Å². The molecule has 1 N–H and O–H groups in total. The fraction of sp³-hybridized carbons (Fsp3) is 0.333. The molecule has 0 spiro atoms. The maximum absolute atomic E-state index is 11.5. The first kappa shape index (κ1) is 15.9. The lowest BCUT2D eigenvalue weighted by Gasteiger charge is -2.11. The van der Waals surface area contributed by atoms with Gasteiger partial charge in [0.1, 0.15) is 11.9 Å². The lowest BCUT2D eigenvalue weighted by molar-refractivity contribution is -0.118. The molecular formula is C18H20N2O2S. The SMILES string of the molecule is CSCC(=O)NCC1Cc2cc(-c3ccc(C)cn3)ccc2O1. The van der Waals surface area contributed by atoms with Gasteiger partial charge in [0, 0.05) is 18.2 Å². The van der Waals surface area contributed by atoms with E-state index >= 15 is 0 Å². The summed E-state index contributed by atoms with van der Waals surface area (Å²) >= 11 is 1.52. The molecule has 1 aromatic carbocycles. The number of carbonyl (C=O) groups is 1. The van der Waals surface area contributed by atoms with E-state index in [4.69, 9.17) is 4.74 Å². The van der Waals surface area contributed by atoms with Crippen LogP contribution in [-0.4, -0.2) is 35.5 Å². The highest BCUT2D eigenvalue weighted by Gasteiger charge is 2.23. The molecule has 120 valence electrons. The molecule has 1 aliphatic heterocycles. The second kappa shape index (κ2) is 7.04. The molecule has 0 fully saturated rings. The molecule has 1 atom stereocenters. The highest BCUT2D eigenvalue weighted by atomic mass is 32.2. The van der Waals surface area contributed by atoms with E-state index in [-0.39, 0.29) is 12.0 Å². The summed E-state index contributed by atoms with van der Waals surface area (Å²) in [6.45, 7) is 2.58. The zero-order valence-corrected chi connectivity index (χ0v) is 14.2. The second-order valence-corrected chi connectivity index (χ2v) is 6.59. The third-order valence-corrected chi connectivity index (χ3v) is 4.36. The largest absolute Gasteiger partial charge is 0.488 e. The van der Waals surface area contributed by atoms with E-state index in [1.165, 1.54) is 17.3 Å². The summed E-state index contributed by atoms with van der Waals surface area (Å²) in [4.78, 5) is 16.0. The standard InChI is InChI=1S/C18H20N2O2S/c1-12-3-5-16(19-9-12)13-4-6-17-14(7-13)8-15(22-17)10-20-18(21)11-23-2/h3-7,9,15H,8,10-11H2,1-2H3,(H,20,21). The summed E-state index contributed by atoms with van der Waals surface area (Å²) in [6.07, 6.45) is 4.62. The van der Waals surface area contributed by atoms with E-state index in [2.05, 4.69) is 22.4 Å². The molecule has 1 aromatic heterocycles. The molecule has 0 radical (unpaired) electrons. The summed E-state index contributed by atoms with van der Waals surface area (Å²) < 4.78 is 5.90. The Bertz CT molecular complexity index is 701. The predicted octanol–water partition coefficient (Wildman–Crippen LogP) is 2.84. The third-order valence-electron chi connectivity index (χ3n) is 3.81.